The van der Waals surface area contributed by atoms with Crippen LogP contribution in [0.2, 0.25) is 5.02 Å². The maximum atomic E-state index is 9.31. The molecule has 1 aliphatic heterocycles. The third-order valence-corrected chi connectivity index (χ3v) is 6.01. The van der Waals surface area contributed by atoms with Gasteiger partial charge in [0.1, 0.15) is 18.0 Å². The van der Waals surface area contributed by atoms with Crippen molar-refractivity contribution < 1.29 is 14.2 Å². The summed E-state index contributed by atoms with van der Waals surface area (Å²) >= 11 is 6.49. The highest BCUT2D eigenvalue weighted by Gasteiger charge is 2.36. The van der Waals surface area contributed by atoms with Gasteiger partial charge in [-0.25, -0.2) is 0 Å². The van der Waals surface area contributed by atoms with E-state index in [0.29, 0.717) is 35.2 Å². The van der Waals surface area contributed by atoms with E-state index in [9.17, 15) is 5.26 Å². The smallest absolute Gasteiger partial charge is 0.166 e. The van der Waals surface area contributed by atoms with Gasteiger partial charge in [0.05, 0.1) is 26.0 Å². The summed E-state index contributed by atoms with van der Waals surface area (Å²) in [5.41, 5.74) is 2.58. The molecule has 34 heavy (non-hydrogen) atoms. The number of halogens is 1. The molecule has 0 saturated carbocycles. The molecule has 1 aromatic heterocycles. The highest BCUT2D eigenvalue weighted by molar-refractivity contribution is 6.30. The molecule has 0 radical (unpaired) electrons. The zero-order chi connectivity index (χ0) is 24.5. The van der Waals surface area contributed by atoms with Crippen LogP contribution >= 0.6 is 11.6 Å². The number of nitrogens with zero attached hydrogens (tertiary/aromatic N) is 4. The predicted octanol–water partition coefficient (Wildman–Crippen LogP) is 5.99. The Bertz CT molecular complexity index is 1230. The summed E-state index contributed by atoms with van der Waals surface area (Å²) in [5, 5.41) is 19.0. The van der Waals surface area contributed by atoms with Gasteiger partial charge in [0.15, 0.2) is 17.3 Å². The molecule has 0 spiro atoms. The van der Waals surface area contributed by atoms with E-state index in [1.54, 1.807) is 14.2 Å². The summed E-state index contributed by atoms with van der Waals surface area (Å²) < 4.78 is 20.1. The number of hydrogen-bond donors (Lipinski definition) is 0. The Kier molecular flexibility index (Phi) is 6.83. The van der Waals surface area contributed by atoms with Crippen LogP contribution in [-0.4, -0.2) is 29.0 Å². The molecule has 4 rings (SSSR count). The van der Waals surface area contributed by atoms with Crippen LogP contribution in [0.4, 0.5) is 0 Å². The third kappa shape index (κ3) is 4.61. The van der Waals surface area contributed by atoms with Gasteiger partial charge < -0.3 is 14.2 Å². The standard InChI is InChI=1S/C26H29ClN4O3/c1-26(2,3)15-22-29-30-25-21(10-7-13-28)34-23(17-8-6-9-20(32-4)24(17)33-5)18-14-16(27)11-12-19(18)31(22)25/h6,8-9,11-12,14,21,23H,7,10,15H2,1-5H3/t21-,23-/m0/s1. The SMILES string of the molecule is COc1cccc([C@@H]2O[C@@H](CCC#N)c3nnc(CC(C)(C)C)n3-c3ccc(Cl)cc32)c1OC. The first-order valence-electron chi connectivity index (χ1n) is 11.2. The first-order valence-corrected chi connectivity index (χ1v) is 11.6. The Morgan fingerprint density at radius 3 is 2.59 bits per heavy atom. The van der Waals surface area contributed by atoms with Crippen LogP contribution in [0, 0.1) is 16.7 Å². The van der Waals surface area contributed by atoms with E-state index in [0.717, 1.165) is 29.1 Å². The van der Waals surface area contributed by atoms with Gasteiger partial charge in [0.2, 0.25) is 0 Å². The minimum Gasteiger partial charge on any atom is -0.493 e. The molecular formula is C26H29ClN4O3. The zero-order valence-corrected chi connectivity index (χ0v) is 20.9. The van der Waals surface area contributed by atoms with Crippen LogP contribution in [-0.2, 0) is 11.2 Å². The second-order valence-corrected chi connectivity index (χ2v) is 9.97. The highest BCUT2D eigenvalue weighted by atomic mass is 35.5. The van der Waals surface area contributed by atoms with Gasteiger partial charge in [-0.2, -0.15) is 5.26 Å². The Labute approximate surface area is 205 Å². The fourth-order valence-corrected chi connectivity index (χ4v) is 4.56. The normalized spacial score (nSPS) is 17.3. The quantitative estimate of drug-likeness (QED) is 0.431. The summed E-state index contributed by atoms with van der Waals surface area (Å²) in [6, 6.07) is 13.7. The Hall–Kier alpha value is -3.08. The van der Waals surface area contributed by atoms with E-state index < -0.39 is 12.2 Å². The molecule has 0 N–H and O–H groups in total. The van der Waals surface area contributed by atoms with Crippen molar-refractivity contribution in [3.05, 3.63) is 64.2 Å². The number of methoxy groups -OCH3 is 2. The van der Waals surface area contributed by atoms with E-state index in [2.05, 4.69) is 41.6 Å². The molecule has 0 unspecified atom stereocenters. The zero-order valence-electron chi connectivity index (χ0n) is 20.1. The molecule has 0 bridgehead atoms. The predicted molar refractivity (Wildman–Crippen MR) is 130 cm³/mol. The molecule has 1 aliphatic rings. The summed E-state index contributed by atoms with van der Waals surface area (Å²) in [6.07, 6.45) is 0.555. The average Bonchev–Trinajstić information content (AvgIpc) is 3.14. The number of nitriles is 1. The fourth-order valence-electron chi connectivity index (χ4n) is 4.38. The highest BCUT2D eigenvalue weighted by Crippen LogP contribution is 2.46. The number of para-hydroxylation sites is 1. The van der Waals surface area contributed by atoms with Gasteiger partial charge in [-0.05, 0) is 36.1 Å². The molecule has 8 heteroatoms. The first kappa shape index (κ1) is 24.1. The van der Waals surface area contributed by atoms with E-state index in [-0.39, 0.29) is 5.41 Å². The largest absolute Gasteiger partial charge is 0.493 e. The number of ether oxygens (including phenoxy) is 3. The van der Waals surface area contributed by atoms with Gasteiger partial charge in [-0.15, -0.1) is 10.2 Å². The van der Waals surface area contributed by atoms with Crippen molar-refractivity contribution in [1.82, 2.24) is 14.8 Å². The molecular weight excluding hydrogens is 452 g/mol. The van der Waals surface area contributed by atoms with Gasteiger partial charge in [-0.3, -0.25) is 4.57 Å². The van der Waals surface area contributed by atoms with E-state index in [4.69, 9.17) is 25.8 Å². The lowest BCUT2D eigenvalue weighted by Crippen LogP contribution is -2.15. The molecule has 7 nitrogen and oxygen atoms in total. The summed E-state index contributed by atoms with van der Waals surface area (Å²) in [4.78, 5) is 0. The molecule has 0 fully saturated rings. The van der Waals surface area contributed by atoms with Gasteiger partial charge >= 0.3 is 0 Å². The van der Waals surface area contributed by atoms with Gasteiger partial charge in [0, 0.05) is 29.0 Å². The topological polar surface area (TPSA) is 82.2 Å². The van der Waals surface area contributed by atoms with Crippen molar-refractivity contribution in [1.29, 1.82) is 5.26 Å². The second-order valence-electron chi connectivity index (χ2n) is 9.53. The number of hydrogen-bond acceptors (Lipinski definition) is 6. The van der Waals surface area contributed by atoms with Gasteiger partial charge in [0.25, 0.3) is 0 Å². The minimum atomic E-state index is -0.522. The lowest BCUT2D eigenvalue weighted by Gasteiger charge is -2.24. The molecule has 2 aromatic carbocycles. The summed E-state index contributed by atoms with van der Waals surface area (Å²) in [5.74, 6) is 2.72. The first-order chi connectivity index (χ1) is 16.3. The Morgan fingerprint density at radius 1 is 1.12 bits per heavy atom. The van der Waals surface area contributed by atoms with Crippen molar-refractivity contribution in [2.75, 3.05) is 14.2 Å². The average molecular weight is 481 g/mol. The molecule has 3 aromatic rings. The van der Waals surface area contributed by atoms with Crippen LogP contribution < -0.4 is 9.47 Å². The molecule has 0 amide bonds. The fraction of sp³-hybridized carbons (Fsp3) is 0.423. The van der Waals surface area contributed by atoms with E-state index >= 15 is 0 Å². The van der Waals surface area contributed by atoms with Crippen LogP contribution in [0.5, 0.6) is 11.5 Å². The molecule has 2 heterocycles. The second kappa shape index (κ2) is 9.65. The van der Waals surface area contributed by atoms with E-state index in [1.165, 1.54) is 0 Å². The number of aromatic nitrogens is 3. The van der Waals surface area contributed by atoms with Crippen LogP contribution in [0.1, 0.15) is 68.6 Å². The lowest BCUT2D eigenvalue weighted by molar-refractivity contribution is -0.000799. The van der Waals surface area contributed by atoms with Crippen LogP contribution in [0.15, 0.2) is 36.4 Å². The maximum Gasteiger partial charge on any atom is 0.166 e. The van der Waals surface area contributed by atoms with Crippen molar-refractivity contribution in [3.8, 4) is 23.3 Å². The number of benzene rings is 2. The van der Waals surface area contributed by atoms with Crippen LogP contribution in [0.3, 0.4) is 0 Å². The van der Waals surface area contributed by atoms with Crippen molar-refractivity contribution in [2.45, 2.75) is 52.2 Å². The van der Waals surface area contributed by atoms with Gasteiger partial charge in [-0.1, -0.05) is 44.5 Å². The molecule has 2 atom stereocenters. The number of fused-ring (bicyclic) bond motifs is 3. The van der Waals surface area contributed by atoms with Crippen molar-refractivity contribution in [2.24, 2.45) is 5.41 Å². The molecule has 0 aliphatic carbocycles. The Balaban J connectivity index is 1.98. The molecule has 178 valence electrons. The van der Waals surface area contributed by atoms with Crippen molar-refractivity contribution >= 4 is 11.6 Å². The summed E-state index contributed by atoms with van der Waals surface area (Å²) in [6.45, 7) is 6.51. The molecule has 0 saturated heterocycles. The van der Waals surface area contributed by atoms with E-state index in [1.807, 2.05) is 36.4 Å². The third-order valence-electron chi connectivity index (χ3n) is 5.78. The lowest BCUT2D eigenvalue weighted by atomic mass is 9.91. The minimum absolute atomic E-state index is 0.00111. The Morgan fingerprint density at radius 2 is 1.91 bits per heavy atom. The maximum absolute atomic E-state index is 9.31. The van der Waals surface area contributed by atoms with Crippen molar-refractivity contribution in [3.63, 3.8) is 0 Å². The summed E-state index contributed by atoms with van der Waals surface area (Å²) in [7, 11) is 3.22. The monoisotopic (exact) mass is 480 g/mol. The number of rotatable bonds is 6. The van der Waals surface area contributed by atoms with Crippen LogP contribution in [0.25, 0.3) is 5.69 Å².